The molecular weight excluding hydrogens is 116 g/mol. The van der Waals surface area contributed by atoms with Crippen LogP contribution in [0.2, 0.25) is 0 Å². The second-order valence-corrected chi connectivity index (χ2v) is 2.81. The van der Waals surface area contributed by atoms with E-state index in [0.717, 1.165) is 26.1 Å². The van der Waals surface area contributed by atoms with E-state index in [1.165, 1.54) is 0 Å². The van der Waals surface area contributed by atoms with E-state index in [4.69, 9.17) is 9.84 Å². The van der Waals surface area contributed by atoms with Crippen LogP contribution in [0.3, 0.4) is 0 Å². The van der Waals surface area contributed by atoms with Crippen molar-refractivity contribution in [2.75, 3.05) is 13.2 Å². The van der Waals surface area contributed by atoms with E-state index in [-0.39, 0.29) is 6.10 Å². The minimum atomic E-state index is -0.156. The Bertz CT molecular complexity index is 75.0. The largest absolute Gasteiger partial charge is 0.393 e. The summed E-state index contributed by atoms with van der Waals surface area (Å²) in [7, 11) is 0. The minimum Gasteiger partial charge on any atom is -0.393 e. The normalized spacial score (nSPS) is 30.7. The lowest BCUT2D eigenvalue weighted by molar-refractivity contribution is 0.141. The molecule has 1 fully saturated rings. The Hall–Kier alpha value is -0.0800. The molecule has 1 N–H and O–H groups in total. The van der Waals surface area contributed by atoms with Crippen LogP contribution in [0, 0.1) is 5.92 Å². The Morgan fingerprint density at radius 3 is 3.00 bits per heavy atom. The van der Waals surface area contributed by atoms with E-state index in [1.807, 2.05) is 6.92 Å². The van der Waals surface area contributed by atoms with Crippen molar-refractivity contribution < 1.29 is 9.84 Å². The van der Waals surface area contributed by atoms with E-state index in [0.29, 0.717) is 5.92 Å². The molecule has 0 aromatic heterocycles. The summed E-state index contributed by atoms with van der Waals surface area (Å²) in [6, 6.07) is 0. The zero-order chi connectivity index (χ0) is 6.69. The summed E-state index contributed by atoms with van der Waals surface area (Å²) >= 11 is 0. The Morgan fingerprint density at radius 2 is 2.56 bits per heavy atom. The van der Waals surface area contributed by atoms with Gasteiger partial charge in [0.05, 0.1) is 6.10 Å². The zero-order valence-corrected chi connectivity index (χ0v) is 5.84. The number of ether oxygens (including phenoxy) is 1. The van der Waals surface area contributed by atoms with Crippen molar-refractivity contribution in [3.05, 3.63) is 0 Å². The van der Waals surface area contributed by atoms with Crippen LogP contribution in [-0.4, -0.2) is 24.4 Å². The molecule has 2 heteroatoms. The zero-order valence-electron chi connectivity index (χ0n) is 5.84. The molecule has 1 rings (SSSR count). The number of aliphatic hydroxyl groups excluding tert-OH is 1. The second kappa shape index (κ2) is 3.18. The number of rotatable bonds is 2. The molecule has 2 atom stereocenters. The van der Waals surface area contributed by atoms with Crippen LogP contribution in [-0.2, 0) is 4.74 Å². The van der Waals surface area contributed by atoms with Gasteiger partial charge in [0.1, 0.15) is 0 Å². The summed E-state index contributed by atoms with van der Waals surface area (Å²) in [5, 5.41) is 8.96. The van der Waals surface area contributed by atoms with Crippen molar-refractivity contribution in [1.29, 1.82) is 0 Å². The van der Waals surface area contributed by atoms with Crippen LogP contribution in [0.25, 0.3) is 0 Å². The van der Waals surface area contributed by atoms with E-state index >= 15 is 0 Å². The first-order valence-corrected chi connectivity index (χ1v) is 3.55. The average molecular weight is 130 g/mol. The van der Waals surface area contributed by atoms with E-state index in [2.05, 4.69) is 0 Å². The van der Waals surface area contributed by atoms with Gasteiger partial charge in [-0.2, -0.15) is 0 Å². The highest BCUT2D eigenvalue weighted by Crippen LogP contribution is 2.17. The fraction of sp³-hybridized carbons (Fsp3) is 1.00. The lowest BCUT2D eigenvalue weighted by atomic mass is 10.0. The van der Waals surface area contributed by atoms with Crippen molar-refractivity contribution in [3.63, 3.8) is 0 Å². The molecule has 54 valence electrons. The van der Waals surface area contributed by atoms with Gasteiger partial charge in [-0.25, -0.2) is 0 Å². The first kappa shape index (κ1) is 7.03. The summed E-state index contributed by atoms with van der Waals surface area (Å²) in [6.45, 7) is 3.57. The third-order valence-corrected chi connectivity index (χ3v) is 1.70. The molecule has 0 unspecified atom stereocenters. The van der Waals surface area contributed by atoms with Crippen LogP contribution < -0.4 is 0 Å². The van der Waals surface area contributed by atoms with Gasteiger partial charge in [-0.15, -0.1) is 0 Å². The monoisotopic (exact) mass is 130 g/mol. The topological polar surface area (TPSA) is 29.5 Å². The van der Waals surface area contributed by atoms with Crippen LogP contribution in [0.15, 0.2) is 0 Å². The molecule has 1 aliphatic heterocycles. The van der Waals surface area contributed by atoms with Crippen LogP contribution >= 0.6 is 0 Å². The maximum Gasteiger partial charge on any atom is 0.0515 e. The van der Waals surface area contributed by atoms with Crippen molar-refractivity contribution >= 4 is 0 Å². The Labute approximate surface area is 55.8 Å². The highest BCUT2D eigenvalue weighted by molar-refractivity contribution is 4.66. The fourth-order valence-corrected chi connectivity index (χ4v) is 1.25. The van der Waals surface area contributed by atoms with E-state index < -0.39 is 0 Å². The highest BCUT2D eigenvalue weighted by Gasteiger charge is 2.16. The molecule has 9 heavy (non-hydrogen) atoms. The summed E-state index contributed by atoms with van der Waals surface area (Å²) in [5.74, 6) is 0.616. The molecule has 0 aliphatic carbocycles. The second-order valence-electron chi connectivity index (χ2n) is 2.81. The van der Waals surface area contributed by atoms with Crippen LogP contribution in [0.4, 0.5) is 0 Å². The molecule has 1 saturated heterocycles. The molecule has 0 radical (unpaired) electrons. The number of hydrogen-bond acceptors (Lipinski definition) is 2. The van der Waals surface area contributed by atoms with Gasteiger partial charge >= 0.3 is 0 Å². The molecule has 2 nitrogen and oxygen atoms in total. The molecule has 1 aliphatic rings. The van der Waals surface area contributed by atoms with E-state index in [1.54, 1.807) is 0 Å². The predicted octanol–water partition coefficient (Wildman–Crippen LogP) is 0.794. The van der Waals surface area contributed by atoms with Crippen LogP contribution in [0.1, 0.15) is 19.8 Å². The van der Waals surface area contributed by atoms with Gasteiger partial charge in [0.2, 0.25) is 0 Å². The molecule has 0 aromatic rings. The summed E-state index contributed by atoms with van der Waals surface area (Å²) in [6.07, 6.45) is 1.88. The fourth-order valence-electron chi connectivity index (χ4n) is 1.25. The van der Waals surface area contributed by atoms with Crippen molar-refractivity contribution in [1.82, 2.24) is 0 Å². The van der Waals surface area contributed by atoms with E-state index in [9.17, 15) is 0 Å². The predicted molar refractivity (Wildman–Crippen MR) is 35.2 cm³/mol. The standard InChI is InChI=1S/C7H14O2/c1-6(8)4-7-2-3-9-5-7/h6-8H,2-5H2,1H3/t6-,7-/m1/s1. The highest BCUT2D eigenvalue weighted by atomic mass is 16.5. The summed E-state index contributed by atoms with van der Waals surface area (Å²) in [5.41, 5.74) is 0. The third kappa shape index (κ3) is 2.33. The van der Waals surface area contributed by atoms with Gasteiger partial charge in [-0.05, 0) is 25.7 Å². The molecule has 0 aromatic carbocycles. The summed E-state index contributed by atoms with van der Waals surface area (Å²) in [4.78, 5) is 0. The maximum atomic E-state index is 8.96. The van der Waals surface area contributed by atoms with Gasteiger partial charge in [0.15, 0.2) is 0 Å². The molecule has 1 heterocycles. The molecule has 0 spiro atoms. The molecular formula is C7H14O2. The van der Waals surface area contributed by atoms with Crippen molar-refractivity contribution in [2.45, 2.75) is 25.9 Å². The average Bonchev–Trinajstić information content (AvgIpc) is 2.15. The Kier molecular flexibility index (Phi) is 2.49. The third-order valence-electron chi connectivity index (χ3n) is 1.70. The SMILES string of the molecule is C[C@@H](O)C[C@H]1CCOC1. The van der Waals surface area contributed by atoms with Gasteiger partial charge in [0, 0.05) is 13.2 Å². The van der Waals surface area contributed by atoms with Gasteiger partial charge in [0.25, 0.3) is 0 Å². The van der Waals surface area contributed by atoms with Crippen molar-refractivity contribution in [3.8, 4) is 0 Å². The first-order valence-electron chi connectivity index (χ1n) is 3.55. The van der Waals surface area contributed by atoms with Gasteiger partial charge < -0.3 is 9.84 Å². The first-order chi connectivity index (χ1) is 4.29. The van der Waals surface area contributed by atoms with Crippen molar-refractivity contribution in [2.24, 2.45) is 5.92 Å². The Balaban J connectivity index is 2.11. The summed E-state index contributed by atoms with van der Waals surface area (Å²) < 4.78 is 5.15. The maximum absolute atomic E-state index is 8.96. The lowest BCUT2D eigenvalue weighted by Crippen LogP contribution is -2.09. The van der Waals surface area contributed by atoms with Gasteiger partial charge in [-0.3, -0.25) is 0 Å². The molecule has 0 bridgehead atoms. The molecule has 0 saturated carbocycles. The van der Waals surface area contributed by atoms with Crippen LogP contribution in [0.5, 0.6) is 0 Å². The lowest BCUT2D eigenvalue weighted by Gasteiger charge is -2.08. The quantitative estimate of drug-likeness (QED) is 0.599. The molecule has 0 amide bonds. The minimum absolute atomic E-state index is 0.156. The number of aliphatic hydroxyl groups is 1. The smallest absolute Gasteiger partial charge is 0.0515 e. The number of hydrogen-bond donors (Lipinski definition) is 1. The Morgan fingerprint density at radius 1 is 1.78 bits per heavy atom. The van der Waals surface area contributed by atoms with Gasteiger partial charge in [-0.1, -0.05) is 0 Å².